The highest BCUT2D eigenvalue weighted by Crippen LogP contribution is 2.33. The van der Waals surface area contributed by atoms with Gasteiger partial charge < -0.3 is 10.5 Å². The molecule has 1 fully saturated rings. The van der Waals surface area contributed by atoms with E-state index in [1.807, 2.05) is 0 Å². The number of nitrogens with two attached hydrogens (primary N) is 1. The van der Waals surface area contributed by atoms with Crippen LogP contribution < -0.4 is 5.73 Å². The maximum Gasteiger partial charge on any atom is 0.0577 e. The summed E-state index contributed by atoms with van der Waals surface area (Å²) < 4.78 is 5.74. The average molecular weight is 213 g/mol. The second-order valence-electron chi connectivity index (χ2n) is 4.91. The fourth-order valence-electron chi connectivity index (χ4n) is 2.76. The van der Waals surface area contributed by atoms with Gasteiger partial charge in [0.25, 0.3) is 0 Å². The van der Waals surface area contributed by atoms with Crippen molar-refractivity contribution in [3.05, 3.63) is 0 Å². The summed E-state index contributed by atoms with van der Waals surface area (Å²) in [5.74, 6) is 1.71. The van der Waals surface area contributed by atoms with E-state index in [1.54, 1.807) is 0 Å². The van der Waals surface area contributed by atoms with E-state index in [0.29, 0.717) is 6.10 Å². The van der Waals surface area contributed by atoms with Crippen LogP contribution in [0.2, 0.25) is 0 Å². The van der Waals surface area contributed by atoms with Gasteiger partial charge in [-0.3, -0.25) is 0 Å². The van der Waals surface area contributed by atoms with Crippen LogP contribution in [0.1, 0.15) is 52.4 Å². The third kappa shape index (κ3) is 4.52. The molecule has 3 atom stereocenters. The van der Waals surface area contributed by atoms with Crippen molar-refractivity contribution in [3.8, 4) is 0 Å². The highest BCUT2D eigenvalue weighted by molar-refractivity contribution is 4.77. The predicted molar refractivity (Wildman–Crippen MR) is 64.8 cm³/mol. The van der Waals surface area contributed by atoms with Crippen molar-refractivity contribution >= 4 is 0 Å². The Balaban J connectivity index is 2.27. The minimum Gasteiger partial charge on any atom is -0.378 e. The van der Waals surface area contributed by atoms with Crippen LogP contribution >= 0.6 is 0 Å². The predicted octanol–water partition coefficient (Wildman–Crippen LogP) is 2.96. The minimum atomic E-state index is 0.536. The van der Waals surface area contributed by atoms with Gasteiger partial charge in [0.05, 0.1) is 6.10 Å². The molecule has 1 aliphatic carbocycles. The van der Waals surface area contributed by atoms with Crippen LogP contribution in [-0.2, 0) is 4.74 Å². The fourth-order valence-corrected chi connectivity index (χ4v) is 2.76. The van der Waals surface area contributed by atoms with E-state index in [0.717, 1.165) is 25.0 Å². The molecule has 0 aromatic rings. The molecule has 2 heteroatoms. The summed E-state index contributed by atoms with van der Waals surface area (Å²) in [6.07, 6.45) is 8.30. The smallest absolute Gasteiger partial charge is 0.0577 e. The molecule has 0 spiro atoms. The van der Waals surface area contributed by atoms with Crippen LogP contribution in [0.15, 0.2) is 0 Å². The molecular weight excluding hydrogens is 186 g/mol. The number of ether oxygens (including phenoxy) is 1. The second-order valence-corrected chi connectivity index (χ2v) is 4.91. The Hall–Kier alpha value is -0.0800. The summed E-state index contributed by atoms with van der Waals surface area (Å²) in [6, 6.07) is 0. The van der Waals surface area contributed by atoms with Gasteiger partial charge in [0.15, 0.2) is 0 Å². The van der Waals surface area contributed by atoms with Crippen LogP contribution in [-0.4, -0.2) is 19.3 Å². The van der Waals surface area contributed by atoms with E-state index in [9.17, 15) is 0 Å². The van der Waals surface area contributed by atoms with Crippen LogP contribution in [0.5, 0.6) is 0 Å². The van der Waals surface area contributed by atoms with Gasteiger partial charge >= 0.3 is 0 Å². The van der Waals surface area contributed by atoms with Gasteiger partial charge in [-0.15, -0.1) is 0 Å². The van der Waals surface area contributed by atoms with Crippen molar-refractivity contribution in [1.29, 1.82) is 0 Å². The van der Waals surface area contributed by atoms with Gasteiger partial charge in [-0.05, 0) is 51.0 Å². The molecule has 2 nitrogen and oxygen atoms in total. The van der Waals surface area contributed by atoms with Gasteiger partial charge in [0, 0.05) is 6.61 Å². The van der Waals surface area contributed by atoms with Gasteiger partial charge in [-0.25, -0.2) is 0 Å². The van der Waals surface area contributed by atoms with Crippen LogP contribution in [0, 0.1) is 11.8 Å². The van der Waals surface area contributed by atoms with Gasteiger partial charge in [-0.1, -0.05) is 19.8 Å². The van der Waals surface area contributed by atoms with E-state index in [4.69, 9.17) is 10.5 Å². The van der Waals surface area contributed by atoms with Crippen molar-refractivity contribution in [1.82, 2.24) is 0 Å². The summed E-state index contributed by atoms with van der Waals surface area (Å²) in [6.45, 7) is 6.19. The van der Waals surface area contributed by atoms with E-state index < -0.39 is 0 Å². The van der Waals surface area contributed by atoms with Crippen molar-refractivity contribution in [2.24, 2.45) is 17.6 Å². The topological polar surface area (TPSA) is 35.2 Å². The number of hydrogen-bond acceptors (Lipinski definition) is 2. The molecular formula is C13H27NO. The molecule has 90 valence electrons. The summed E-state index contributed by atoms with van der Waals surface area (Å²) in [4.78, 5) is 0. The van der Waals surface area contributed by atoms with Crippen molar-refractivity contribution < 1.29 is 4.74 Å². The van der Waals surface area contributed by atoms with E-state index in [2.05, 4.69) is 13.8 Å². The van der Waals surface area contributed by atoms with Gasteiger partial charge in [-0.2, -0.15) is 0 Å². The average Bonchev–Trinajstić information content (AvgIpc) is 2.27. The van der Waals surface area contributed by atoms with Crippen molar-refractivity contribution in [2.75, 3.05) is 13.2 Å². The Labute approximate surface area is 94.6 Å². The first-order valence-electron chi connectivity index (χ1n) is 6.59. The lowest BCUT2D eigenvalue weighted by molar-refractivity contribution is 0.0105. The quantitative estimate of drug-likeness (QED) is 0.736. The summed E-state index contributed by atoms with van der Waals surface area (Å²) >= 11 is 0. The zero-order chi connectivity index (χ0) is 11.1. The molecule has 1 saturated carbocycles. The minimum absolute atomic E-state index is 0.536. The lowest BCUT2D eigenvalue weighted by Crippen LogP contribution is -2.27. The summed E-state index contributed by atoms with van der Waals surface area (Å²) in [5, 5.41) is 0. The van der Waals surface area contributed by atoms with E-state index >= 15 is 0 Å². The Morgan fingerprint density at radius 3 is 2.87 bits per heavy atom. The standard InChI is InChI=1S/C13H27NO/c1-3-15-13-8-4-7-12(10-13)11(2)6-5-9-14/h11-13H,3-10,14H2,1-2H3. The molecule has 0 amide bonds. The zero-order valence-corrected chi connectivity index (χ0v) is 10.4. The highest BCUT2D eigenvalue weighted by atomic mass is 16.5. The Morgan fingerprint density at radius 2 is 2.20 bits per heavy atom. The van der Waals surface area contributed by atoms with Crippen LogP contribution in [0.4, 0.5) is 0 Å². The Kier molecular flexibility index (Phi) is 6.26. The third-order valence-corrected chi connectivity index (χ3v) is 3.74. The van der Waals surface area contributed by atoms with E-state index in [1.165, 1.54) is 38.5 Å². The molecule has 0 heterocycles. The summed E-state index contributed by atoms with van der Waals surface area (Å²) in [5.41, 5.74) is 5.56. The normalized spacial score (nSPS) is 29.0. The van der Waals surface area contributed by atoms with Crippen molar-refractivity contribution in [3.63, 3.8) is 0 Å². The molecule has 15 heavy (non-hydrogen) atoms. The Morgan fingerprint density at radius 1 is 1.40 bits per heavy atom. The first-order valence-corrected chi connectivity index (χ1v) is 6.59. The molecule has 0 aromatic carbocycles. The number of rotatable bonds is 6. The highest BCUT2D eigenvalue weighted by Gasteiger charge is 2.25. The lowest BCUT2D eigenvalue weighted by Gasteiger charge is -2.32. The molecule has 0 bridgehead atoms. The third-order valence-electron chi connectivity index (χ3n) is 3.74. The van der Waals surface area contributed by atoms with Crippen LogP contribution in [0.3, 0.4) is 0 Å². The molecule has 0 aliphatic heterocycles. The zero-order valence-electron chi connectivity index (χ0n) is 10.4. The maximum atomic E-state index is 5.74. The van der Waals surface area contributed by atoms with Gasteiger partial charge in [0.1, 0.15) is 0 Å². The second kappa shape index (κ2) is 7.24. The molecule has 0 aromatic heterocycles. The maximum absolute atomic E-state index is 5.74. The largest absolute Gasteiger partial charge is 0.378 e. The molecule has 2 N–H and O–H groups in total. The SMILES string of the molecule is CCOC1CCCC(C(C)CCCN)C1. The molecule has 1 rings (SSSR count). The monoisotopic (exact) mass is 213 g/mol. The molecule has 0 saturated heterocycles. The fraction of sp³-hybridized carbons (Fsp3) is 1.00. The molecule has 1 aliphatic rings. The van der Waals surface area contributed by atoms with Crippen molar-refractivity contribution in [2.45, 2.75) is 58.5 Å². The molecule has 3 unspecified atom stereocenters. The summed E-state index contributed by atoms with van der Waals surface area (Å²) in [7, 11) is 0. The Bertz CT molecular complexity index is 159. The van der Waals surface area contributed by atoms with E-state index in [-0.39, 0.29) is 0 Å². The lowest BCUT2D eigenvalue weighted by atomic mass is 9.78. The first-order chi connectivity index (χ1) is 7.27. The first kappa shape index (κ1) is 13.0. The van der Waals surface area contributed by atoms with Gasteiger partial charge in [0.2, 0.25) is 0 Å². The molecule has 0 radical (unpaired) electrons. The number of hydrogen-bond donors (Lipinski definition) is 1. The van der Waals surface area contributed by atoms with Crippen LogP contribution in [0.25, 0.3) is 0 Å².